The summed E-state index contributed by atoms with van der Waals surface area (Å²) in [6, 6.07) is 7.29. The fourth-order valence-electron chi connectivity index (χ4n) is 1.96. The molecule has 116 valence electrons. The molecule has 0 fully saturated rings. The van der Waals surface area contributed by atoms with Crippen LogP contribution in [0.5, 0.6) is 5.75 Å². The highest BCUT2D eigenvalue weighted by Gasteiger charge is 2.21. The number of hydrogen-bond acceptors (Lipinski definition) is 4. The Bertz CT molecular complexity index is 485. The molecule has 0 saturated carbocycles. The van der Waals surface area contributed by atoms with Crippen molar-refractivity contribution in [2.45, 2.75) is 33.2 Å². The Morgan fingerprint density at radius 2 is 2.00 bits per heavy atom. The van der Waals surface area contributed by atoms with E-state index in [9.17, 15) is 9.59 Å². The van der Waals surface area contributed by atoms with E-state index in [2.05, 4.69) is 0 Å². The Morgan fingerprint density at radius 3 is 2.57 bits per heavy atom. The molecular weight excluding hydrogens is 270 g/mol. The van der Waals surface area contributed by atoms with Gasteiger partial charge >= 0.3 is 5.97 Å². The number of ether oxygens (including phenoxy) is 2. The highest BCUT2D eigenvalue weighted by molar-refractivity contribution is 5.83. The van der Waals surface area contributed by atoms with Gasteiger partial charge in [0.15, 0.2) is 0 Å². The van der Waals surface area contributed by atoms with Crippen LogP contribution in [-0.4, -0.2) is 43.1 Å². The first kappa shape index (κ1) is 17.0. The van der Waals surface area contributed by atoms with Crippen LogP contribution in [0.1, 0.15) is 26.3 Å². The fourth-order valence-corrected chi connectivity index (χ4v) is 1.96. The minimum Gasteiger partial charge on any atom is -0.497 e. The van der Waals surface area contributed by atoms with Gasteiger partial charge in [0.1, 0.15) is 12.3 Å². The molecule has 1 amide bonds. The first-order valence-electron chi connectivity index (χ1n) is 7.06. The van der Waals surface area contributed by atoms with Gasteiger partial charge in [-0.3, -0.25) is 9.59 Å². The zero-order valence-electron chi connectivity index (χ0n) is 13.1. The maximum Gasteiger partial charge on any atom is 0.325 e. The van der Waals surface area contributed by atoms with Crippen molar-refractivity contribution in [1.29, 1.82) is 0 Å². The molecule has 0 radical (unpaired) electrons. The highest BCUT2D eigenvalue weighted by atomic mass is 16.5. The molecule has 0 aromatic heterocycles. The van der Waals surface area contributed by atoms with Gasteiger partial charge in [-0.1, -0.05) is 12.1 Å². The maximum atomic E-state index is 12.4. The van der Waals surface area contributed by atoms with Gasteiger partial charge in [0.25, 0.3) is 0 Å². The van der Waals surface area contributed by atoms with E-state index in [1.807, 2.05) is 38.1 Å². The van der Waals surface area contributed by atoms with E-state index < -0.39 is 0 Å². The number of carbonyl (C=O) groups excluding carboxylic acids is 2. The molecule has 0 aliphatic carbocycles. The topological polar surface area (TPSA) is 55.8 Å². The third-order valence-corrected chi connectivity index (χ3v) is 3.04. The van der Waals surface area contributed by atoms with Crippen molar-refractivity contribution < 1.29 is 19.1 Å². The molecule has 0 spiro atoms. The molecule has 0 heterocycles. The van der Waals surface area contributed by atoms with Crippen LogP contribution in [0.25, 0.3) is 0 Å². The van der Waals surface area contributed by atoms with Crippen LogP contribution in [0.4, 0.5) is 0 Å². The van der Waals surface area contributed by atoms with E-state index in [1.54, 1.807) is 14.0 Å². The van der Waals surface area contributed by atoms with E-state index in [1.165, 1.54) is 4.90 Å². The summed E-state index contributed by atoms with van der Waals surface area (Å²) in [5.74, 6) is 0.221. The van der Waals surface area contributed by atoms with Crippen LogP contribution in [-0.2, 0) is 20.7 Å². The molecule has 0 aliphatic heterocycles. The summed E-state index contributed by atoms with van der Waals surface area (Å²) in [5, 5.41) is 0. The molecule has 0 atom stereocenters. The Morgan fingerprint density at radius 1 is 1.29 bits per heavy atom. The average Bonchev–Trinajstić information content (AvgIpc) is 2.44. The normalized spacial score (nSPS) is 10.3. The van der Waals surface area contributed by atoms with E-state index in [4.69, 9.17) is 9.47 Å². The number of methoxy groups -OCH3 is 1. The molecule has 1 aromatic carbocycles. The van der Waals surface area contributed by atoms with Gasteiger partial charge in [-0.2, -0.15) is 0 Å². The lowest BCUT2D eigenvalue weighted by atomic mass is 10.1. The zero-order chi connectivity index (χ0) is 15.8. The number of rotatable bonds is 7. The van der Waals surface area contributed by atoms with Crippen LogP contribution in [0, 0.1) is 0 Å². The minimum atomic E-state index is -0.384. The quantitative estimate of drug-likeness (QED) is 0.722. The van der Waals surface area contributed by atoms with Crippen LogP contribution < -0.4 is 4.74 Å². The fraction of sp³-hybridized carbons (Fsp3) is 0.500. The summed E-state index contributed by atoms with van der Waals surface area (Å²) >= 11 is 0. The van der Waals surface area contributed by atoms with Crippen LogP contribution in [0.3, 0.4) is 0 Å². The summed E-state index contributed by atoms with van der Waals surface area (Å²) in [4.78, 5) is 25.5. The standard InChI is InChI=1S/C16H23NO4/c1-5-21-16(19)11-17(12(2)3)15(18)10-13-7-6-8-14(9-13)20-4/h6-9,12H,5,10-11H2,1-4H3. The van der Waals surface area contributed by atoms with E-state index in [0.717, 1.165) is 5.56 Å². The van der Waals surface area contributed by atoms with Crippen molar-refractivity contribution >= 4 is 11.9 Å². The maximum absolute atomic E-state index is 12.4. The van der Waals surface area contributed by atoms with Crippen LogP contribution >= 0.6 is 0 Å². The Hall–Kier alpha value is -2.04. The van der Waals surface area contributed by atoms with Gasteiger partial charge in [-0.15, -0.1) is 0 Å². The number of esters is 1. The monoisotopic (exact) mass is 293 g/mol. The lowest BCUT2D eigenvalue weighted by molar-refractivity contribution is -0.149. The molecule has 21 heavy (non-hydrogen) atoms. The SMILES string of the molecule is CCOC(=O)CN(C(=O)Cc1cccc(OC)c1)C(C)C. The second kappa shape index (κ2) is 8.29. The second-order valence-corrected chi connectivity index (χ2v) is 4.95. The van der Waals surface area contributed by atoms with Gasteiger partial charge in [-0.25, -0.2) is 0 Å². The molecule has 1 aromatic rings. The van der Waals surface area contributed by atoms with Crippen molar-refractivity contribution in [1.82, 2.24) is 4.90 Å². The number of hydrogen-bond donors (Lipinski definition) is 0. The minimum absolute atomic E-state index is 0.0195. The zero-order valence-corrected chi connectivity index (χ0v) is 13.1. The Labute approximate surface area is 125 Å². The molecule has 1 rings (SSSR count). The molecule has 0 bridgehead atoms. The van der Waals surface area contributed by atoms with Gasteiger partial charge in [0.2, 0.25) is 5.91 Å². The van der Waals surface area contributed by atoms with Crippen molar-refractivity contribution in [2.75, 3.05) is 20.3 Å². The Kier molecular flexibility index (Phi) is 6.72. The molecule has 0 saturated heterocycles. The third-order valence-electron chi connectivity index (χ3n) is 3.04. The van der Waals surface area contributed by atoms with Crippen molar-refractivity contribution in [3.05, 3.63) is 29.8 Å². The van der Waals surface area contributed by atoms with Crippen molar-refractivity contribution in [2.24, 2.45) is 0 Å². The molecule has 0 N–H and O–H groups in total. The number of nitrogens with zero attached hydrogens (tertiary/aromatic N) is 1. The number of amides is 1. The smallest absolute Gasteiger partial charge is 0.325 e. The van der Waals surface area contributed by atoms with Crippen LogP contribution in [0.15, 0.2) is 24.3 Å². The van der Waals surface area contributed by atoms with Crippen LogP contribution in [0.2, 0.25) is 0 Å². The largest absolute Gasteiger partial charge is 0.497 e. The molecule has 0 unspecified atom stereocenters. The molecule has 0 aliphatic rings. The van der Waals surface area contributed by atoms with Gasteiger partial charge in [0, 0.05) is 6.04 Å². The summed E-state index contributed by atoms with van der Waals surface area (Å²) in [6.07, 6.45) is 0.231. The number of benzene rings is 1. The lowest BCUT2D eigenvalue weighted by Crippen LogP contribution is -2.42. The third kappa shape index (κ3) is 5.45. The van der Waals surface area contributed by atoms with Gasteiger partial charge < -0.3 is 14.4 Å². The lowest BCUT2D eigenvalue weighted by Gasteiger charge is -2.25. The average molecular weight is 293 g/mol. The summed E-state index contributed by atoms with van der Waals surface area (Å²) in [7, 11) is 1.59. The predicted molar refractivity (Wildman–Crippen MR) is 80.2 cm³/mol. The predicted octanol–water partition coefficient (Wildman–Crippen LogP) is 2.04. The van der Waals surface area contributed by atoms with E-state index >= 15 is 0 Å². The molecular formula is C16H23NO4. The summed E-state index contributed by atoms with van der Waals surface area (Å²) in [6.45, 7) is 5.80. The summed E-state index contributed by atoms with van der Waals surface area (Å²) < 4.78 is 10.0. The molecule has 5 heteroatoms. The molecule has 5 nitrogen and oxygen atoms in total. The van der Waals surface area contributed by atoms with E-state index in [-0.39, 0.29) is 30.9 Å². The van der Waals surface area contributed by atoms with E-state index in [0.29, 0.717) is 12.4 Å². The number of carbonyl (C=O) groups is 2. The second-order valence-electron chi connectivity index (χ2n) is 4.95. The van der Waals surface area contributed by atoms with Crippen molar-refractivity contribution in [3.8, 4) is 5.75 Å². The Balaban J connectivity index is 2.74. The summed E-state index contributed by atoms with van der Waals surface area (Å²) in [5.41, 5.74) is 0.855. The van der Waals surface area contributed by atoms with Gasteiger partial charge in [0.05, 0.1) is 20.1 Å². The van der Waals surface area contributed by atoms with Gasteiger partial charge in [-0.05, 0) is 38.5 Å². The highest BCUT2D eigenvalue weighted by Crippen LogP contribution is 2.14. The first-order valence-corrected chi connectivity index (χ1v) is 7.06. The first-order chi connectivity index (χ1) is 9.97. The van der Waals surface area contributed by atoms with Crippen molar-refractivity contribution in [3.63, 3.8) is 0 Å².